The summed E-state index contributed by atoms with van der Waals surface area (Å²) in [5.41, 5.74) is 1.30. The highest BCUT2D eigenvalue weighted by atomic mass is 32.1. The number of carbonyl (C=O) groups excluding carboxylic acids is 1. The molecule has 0 aliphatic rings. The van der Waals surface area contributed by atoms with Gasteiger partial charge in [-0.15, -0.1) is 11.3 Å². The Morgan fingerprint density at radius 1 is 1.03 bits per heavy atom. The number of esters is 1. The first kappa shape index (κ1) is 27.8. The van der Waals surface area contributed by atoms with E-state index in [2.05, 4.69) is 6.92 Å². The van der Waals surface area contributed by atoms with E-state index in [0.29, 0.717) is 29.4 Å². The van der Waals surface area contributed by atoms with E-state index in [1.54, 1.807) is 25.1 Å². The lowest BCUT2D eigenvalue weighted by Gasteiger charge is -2.17. The SMILES string of the molecule is CCCC[C@@H](CCOc1ccc(OCC(=O)OCC)c(C)c1)c1sc2cc(C(F)(F)F)ccc2c1C. The third kappa shape index (κ3) is 7.15. The van der Waals surface area contributed by atoms with Crippen molar-refractivity contribution in [3.05, 3.63) is 58.0 Å². The Labute approximate surface area is 214 Å². The van der Waals surface area contributed by atoms with Gasteiger partial charge in [0, 0.05) is 9.58 Å². The van der Waals surface area contributed by atoms with Gasteiger partial charge in [-0.05, 0) is 86.4 Å². The zero-order valence-electron chi connectivity index (χ0n) is 21.2. The van der Waals surface area contributed by atoms with Crippen LogP contribution in [0.2, 0.25) is 0 Å². The summed E-state index contributed by atoms with van der Waals surface area (Å²) in [5.74, 6) is 1.09. The number of carbonyl (C=O) groups is 1. The minimum atomic E-state index is -4.35. The van der Waals surface area contributed by atoms with Crippen molar-refractivity contribution >= 4 is 27.4 Å². The maximum atomic E-state index is 13.2. The number of hydrogen-bond acceptors (Lipinski definition) is 5. The Morgan fingerprint density at radius 2 is 1.81 bits per heavy atom. The molecule has 1 aromatic heterocycles. The van der Waals surface area contributed by atoms with Crippen LogP contribution in [0.5, 0.6) is 11.5 Å². The largest absolute Gasteiger partial charge is 0.494 e. The standard InChI is InChI=1S/C28H33F3O4S/c1-5-7-8-20(27-19(4)23-11-9-21(28(29,30)31)16-25(23)36-27)13-14-34-22-10-12-24(18(3)15-22)35-17-26(32)33-6-2/h9-12,15-16,20H,5-8,13-14,17H2,1-4H3/t20-/m0/s1. The number of hydrogen-bond donors (Lipinski definition) is 0. The van der Waals surface area contributed by atoms with Crippen LogP contribution in [0.3, 0.4) is 0 Å². The number of ether oxygens (including phenoxy) is 3. The van der Waals surface area contributed by atoms with Gasteiger partial charge in [-0.3, -0.25) is 0 Å². The Balaban J connectivity index is 1.68. The molecule has 0 saturated carbocycles. The van der Waals surface area contributed by atoms with Crippen LogP contribution < -0.4 is 9.47 Å². The number of aryl methyl sites for hydroxylation is 2. The second-order valence-electron chi connectivity index (χ2n) is 8.80. The third-order valence-electron chi connectivity index (χ3n) is 6.11. The van der Waals surface area contributed by atoms with Crippen LogP contribution in [0.4, 0.5) is 13.2 Å². The van der Waals surface area contributed by atoms with Gasteiger partial charge in [0.05, 0.1) is 18.8 Å². The highest BCUT2D eigenvalue weighted by molar-refractivity contribution is 7.19. The van der Waals surface area contributed by atoms with Gasteiger partial charge in [-0.1, -0.05) is 25.8 Å². The summed E-state index contributed by atoms with van der Waals surface area (Å²) in [6.45, 7) is 8.41. The summed E-state index contributed by atoms with van der Waals surface area (Å²) in [6.07, 6.45) is -0.539. The molecule has 4 nitrogen and oxygen atoms in total. The van der Waals surface area contributed by atoms with Crippen LogP contribution in [0.25, 0.3) is 10.1 Å². The summed E-state index contributed by atoms with van der Waals surface area (Å²) in [7, 11) is 0. The smallest absolute Gasteiger partial charge is 0.416 e. The number of benzene rings is 2. The maximum absolute atomic E-state index is 13.2. The van der Waals surface area contributed by atoms with Crippen molar-refractivity contribution in [2.24, 2.45) is 0 Å². The monoisotopic (exact) mass is 522 g/mol. The molecule has 0 N–H and O–H groups in total. The minimum Gasteiger partial charge on any atom is -0.494 e. The van der Waals surface area contributed by atoms with Crippen LogP contribution in [0.1, 0.15) is 67.0 Å². The molecule has 0 amide bonds. The van der Waals surface area contributed by atoms with Crippen molar-refractivity contribution in [2.75, 3.05) is 19.8 Å². The van der Waals surface area contributed by atoms with Crippen molar-refractivity contribution in [2.45, 2.75) is 65.5 Å². The van der Waals surface area contributed by atoms with E-state index in [4.69, 9.17) is 14.2 Å². The summed E-state index contributed by atoms with van der Waals surface area (Å²) >= 11 is 1.46. The molecule has 0 radical (unpaired) electrons. The molecule has 0 bridgehead atoms. The van der Waals surface area contributed by atoms with Gasteiger partial charge in [0.25, 0.3) is 0 Å². The molecule has 8 heteroatoms. The van der Waals surface area contributed by atoms with E-state index in [1.165, 1.54) is 23.5 Å². The van der Waals surface area contributed by atoms with Gasteiger partial charge in [0.1, 0.15) is 11.5 Å². The molecule has 36 heavy (non-hydrogen) atoms. The molecule has 0 saturated heterocycles. The highest BCUT2D eigenvalue weighted by Gasteiger charge is 2.31. The molecule has 196 valence electrons. The molecule has 3 rings (SSSR count). The van der Waals surface area contributed by atoms with Crippen molar-refractivity contribution < 1.29 is 32.2 Å². The number of alkyl halides is 3. The molecule has 3 aromatic rings. The fourth-order valence-corrected chi connectivity index (χ4v) is 5.62. The van der Waals surface area contributed by atoms with Crippen molar-refractivity contribution in [1.82, 2.24) is 0 Å². The van der Waals surface area contributed by atoms with Crippen LogP contribution in [0.15, 0.2) is 36.4 Å². The number of halogens is 3. The molecule has 0 unspecified atom stereocenters. The molecular weight excluding hydrogens is 489 g/mol. The zero-order chi connectivity index (χ0) is 26.3. The summed E-state index contributed by atoms with van der Waals surface area (Å²) in [5, 5.41) is 0.888. The van der Waals surface area contributed by atoms with E-state index in [-0.39, 0.29) is 12.5 Å². The lowest BCUT2D eigenvalue weighted by molar-refractivity contribution is -0.145. The van der Waals surface area contributed by atoms with Crippen LogP contribution in [-0.2, 0) is 15.7 Å². The van der Waals surface area contributed by atoms with Gasteiger partial charge in [-0.2, -0.15) is 13.2 Å². The van der Waals surface area contributed by atoms with E-state index in [9.17, 15) is 18.0 Å². The van der Waals surface area contributed by atoms with Crippen LogP contribution >= 0.6 is 11.3 Å². The number of unbranched alkanes of at least 4 members (excludes halogenated alkanes) is 1. The first-order valence-corrected chi connectivity index (χ1v) is 13.1. The van der Waals surface area contributed by atoms with Crippen molar-refractivity contribution in [3.8, 4) is 11.5 Å². The lowest BCUT2D eigenvalue weighted by Crippen LogP contribution is -2.15. The van der Waals surface area contributed by atoms with E-state index in [0.717, 1.165) is 47.1 Å². The number of fused-ring (bicyclic) bond motifs is 1. The Bertz CT molecular complexity index is 1170. The van der Waals surface area contributed by atoms with Crippen LogP contribution in [0, 0.1) is 13.8 Å². The predicted molar refractivity (Wildman–Crippen MR) is 137 cm³/mol. The normalized spacial score (nSPS) is 12.5. The Morgan fingerprint density at radius 3 is 2.47 bits per heavy atom. The molecule has 1 atom stereocenters. The van der Waals surface area contributed by atoms with Gasteiger partial charge in [0.2, 0.25) is 0 Å². The third-order valence-corrected chi connectivity index (χ3v) is 7.53. The summed E-state index contributed by atoms with van der Waals surface area (Å²) < 4.78 is 56.7. The molecule has 0 aliphatic carbocycles. The van der Waals surface area contributed by atoms with E-state index < -0.39 is 17.7 Å². The Kier molecular flexibility index (Phi) is 9.65. The van der Waals surface area contributed by atoms with Gasteiger partial charge >= 0.3 is 12.1 Å². The Hall–Kier alpha value is -2.74. The second-order valence-corrected chi connectivity index (χ2v) is 9.88. The van der Waals surface area contributed by atoms with Crippen molar-refractivity contribution in [1.29, 1.82) is 0 Å². The van der Waals surface area contributed by atoms with E-state index >= 15 is 0 Å². The second kappa shape index (κ2) is 12.5. The number of rotatable bonds is 12. The van der Waals surface area contributed by atoms with Gasteiger partial charge in [-0.25, -0.2) is 4.79 Å². The summed E-state index contributed by atoms with van der Waals surface area (Å²) in [6, 6.07) is 9.46. The molecular formula is C28H33F3O4S. The molecule has 0 spiro atoms. The maximum Gasteiger partial charge on any atom is 0.416 e. The topological polar surface area (TPSA) is 44.8 Å². The zero-order valence-corrected chi connectivity index (χ0v) is 22.0. The molecule has 2 aromatic carbocycles. The predicted octanol–water partition coefficient (Wildman–Crippen LogP) is 8.22. The molecule has 0 fully saturated rings. The van der Waals surface area contributed by atoms with E-state index in [1.807, 2.05) is 19.9 Å². The summed E-state index contributed by atoms with van der Waals surface area (Å²) in [4.78, 5) is 12.7. The average Bonchev–Trinajstić information content (AvgIpc) is 3.16. The fraction of sp³-hybridized carbons (Fsp3) is 0.464. The highest BCUT2D eigenvalue weighted by Crippen LogP contribution is 2.41. The number of thiophene rings is 1. The van der Waals surface area contributed by atoms with Crippen molar-refractivity contribution in [3.63, 3.8) is 0 Å². The molecule has 0 aliphatic heterocycles. The molecule has 1 heterocycles. The fourth-order valence-electron chi connectivity index (χ4n) is 4.20. The van der Waals surface area contributed by atoms with Gasteiger partial charge < -0.3 is 14.2 Å². The van der Waals surface area contributed by atoms with Gasteiger partial charge in [0.15, 0.2) is 6.61 Å². The first-order valence-electron chi connectivity index (χ1n) is 12.3. The first-order chi connectivity index (χ1) is 17.1. The minimum absolute atomic E-state index is 0.146. The lowest BCUT2D eigenvalue weighted by atomic mass is 9.94. The van der Waals surface area contributed by atoms with Crippen LogP contribution in [-0.4, -0.2) is 25.8 Å². The average molecular weight is 523 g/mol. The quantitative estimate of drug-likeness (QED) is 0.225.